The zero-order valence-corrected chi connectivity index (χ0v) is 16.3. The van der Waals surface area contributed by atoms with Crippen LogP contribution in [0.15, 0.2) is 48.5 Å². The van der Waals surface area contributed by atoms with Crippen LogP contribution in [0.3, 0.4) is 0 Å². The van der Waals surface area contributed by atoms with Crippen molar-refractivity contribution in [2.24, 2.45) is 0 Å². The van der Waals surface area contributed by atoms with Crippen molar-refractivity contribution in [2.75, 3.05) is 13.7 Å². The summed E-state index contributed by atoms with van der Waals surface area (Å²) in [6, 6.07) is 13.7. The fourth-order valence-corrected chi connectivity index (χ4v) is 3.34. The normalized spacial score (nSPS) is 18.9. The number of methoxy groups -OCH3 is 1. The van der Waals surface area contributed by atoms with E-state index in [0.717, 1.165) is 17.7 Å². The maximum Gasteiger partial charge on any atom is 0.325 e. The monoisotopic (exact) mass is 380 g/mol. The third-order valence-electron chi connectivity index (χ3n) is 5.06. The molecule has 1 N–H and O–H groups in total. The first-order valence-corrected chi connectivity index (χ1v) is 9.30. The zero-order chi connectivity index (χ0) is 20.3. The summed E-state index contributed by atoms with van der Waals surface area (Å²) in [5.41, 5.74) is 1.12. The van der Waals surface area contributed by atoms with Gasteiger partial charge in [0.25, 0.3) is 5.91 Å². The second-order valence-electron chi connectivity index (χ2n) is 7.05. The molecule has 3 amide bonds. The number of hydrogen-bond acceptors (Lipinski definition) is 4. The first kappa shape index (κ1) is 19.6. The fourth-order valence-electron chi connectivity index (χ4n) is 3.34. The van der Waals surface area contributed by atoms with Gasteiger partial charge in [0, 0.05) is 5.56 Å². The second kappa shape index (κ2) is 7.84. The number of rotatable bonds is 7. The lowest BCUT2D eigenvalue weighted by atomic mass is 9.91. The quantitative estimate of drug-likeness (QED) is 0.591. The predicted molar refractivity (Wildman–Crippen MR) is 105 cm³/mol. The zero-order valence-electron chi connectivity index (χ0n) is 16.3. The van der Waals surface area contributed by atoms with Crippen molar-refractivity contribution in [3.8, 4) is 5.75 Å². The van der Waals surface area contributed by atoms with Gasteiger partial charge in [-0.25, -0.2) is 4.79 Å². The van der Waals surface area contributed by atoms with E-state index in [4.69, 9.17) is 4.74 Å². The summed E-state index contributed by atoms with van der Waals surface area (Å²) in [6.45, 7) is 3.47. The smallest absolute Gasteiger partial charge is 0.325 e. The summed E-state index contributed by atoms with van der Waals surface area (Å²) in [6.07, 6.45) is 1.99. The molecule has 6 nitrogen and oxygen atoms in total. The molecule has 0 aliphatic carbocycles. The van der Waals surface area contributed by atoms with Crippen LogP contribution in [0.2, 0.25) is 0 Å². The van der Waals surface area contributed by atoms with E-state index in [0.29, 0.717) is 16.9 Å². The van der Waals surface area contributed by atoms with Crippen molar-refractivity contribution in [3.63, 3.8) is 0 Å². The summed E-state index contributed by atoms with van der Waals surface area (Å²) >= 11 is 0. The molecule has 28 heavy (non-hydrogen) atoms. The maximum atomic E-state index is 13.0. The van der Waals surface area contributed by atoms with Crippen molar-refractivity contribution in [1.82, 2.24) is 10.2 Å². The molecule has 1 heterocycles. The van der Waals surface area contributed by atoms with Crippen LogP contribution in [0.5, 0.6) is 5.75 Å². The van der Waals surface area contributed by atoms with Gasteiger partial charge in [-0.05, 0) is 48.7 Å². The number of hydrogen-bond donors (Lipinski definition) is 1. The molecule has 0 bridgehead atoms. The Labute approximate surface area is 164 Å². The van der Waals surface area contributed by atoms with Crippen LogP contribution in [-0.4, -0.2) is 36.3 Å². The number of benzene rings is 2. The Balaban J connectivity index is 1.77. The molecule has 1 fully saturated rings. The number of ether oxygens (including phenoxy) is 1. The van der Waals surface area contributed by atoms with Gasteiger partial charge in [-0.1, -0.05) is 37.6 Å². The van der Waals surface area contributed by atoms with Gasteiger partial charge >= 0.3 is 6.03 Å². The molecule has 0 aromatic heterocycles. The molecule has 1 saturated heterocycles. The number of ketones is 1. The minimum Gasteiger partial charge on any atom is -0.497 e. The molecule has 0 radical (unpaired) electrons. The summed E-state index contributed by atoms with van der Waals surface area (Å²) in [5, 5.41) is 2.74. The number of urea groups is 1. The van der Waals surface area contributed by atoms with E-state index in [2.05, 4.69) is 12.2 Å². The van der Waals surface area contributed by atoms with Gasteiger partial charge in [0.05, 0.1) is 13.7 Å². The maximum absolute atomic E-state index is 13.0. The van der Waals surface area contributed by atoms with Gasteiger partial charge in [-0.2, -0.15) is 0 Å². The number of carbonyl (C=O) groups is 3. The Morgan fingerprint density at radius 1 is 1.07 bits per heavy atom. The van der Waals surface area contributed by atoms with Gasteiger partial charge < -0.3 is 10.1 Å². The Kier molecular flexibility index (Phi) is 5.49. The standard InChI is InChI=1S/C22H24N2O4/c1-4-5-15-6-10-17(11-7-15)22(2)20(26)24(21(27)23-22)14-19(25)16-8-12-18(28-3)13-9-16/h6-13H,4-5,14H2,1-3H3,(H,23,27)/t22-/m1/s1. The van der Waals surface area contributed by atoms with Gasteiger partial charge in [-0.15, -0.1) is 0 Å². The summed E-state index contributed by atoms with van der Waals surface area (Å²) in [4.78, 5) is 38.9. The van der Waals surface area contributed by atoms with Crippen molar-refractivity contribution in [3.05, 3.63) is 65.2 Å². The molecule has 2 aromatic rings. The van der Waals surface area contributed by atoms with Crippen LogP contribution in [0.25, 0.3) is 0 Å². The SMILES string of the molecule is CCCc1ccc([C@@]2(C)NC(=O)N(CC(=O)c3ccc(OC)cc3)C2=O)cc1. The van der Waals surface area contributed by atoms with E-state index in [1.807, 2.05) is 24.3 Å². The average Bonchev–Trinajstić information content (AvgIpc) is 2.92. The fraction of sp³-hybridized carbons (Fsp3) is 0.318. The molecule has 1 aliphatic heterocycles. The highest BCUT2D eigenvalue weighted by Crippen LogP contribution is 2.29. The number of nitrogens with one attached hydrogen (secondary N) is 1. The van der Waals surface area contributed by atoms with Crippen LogP contribution in [0, 0.1) is 0 Å². The predicted octanol–water partition coefficient (Wildman–Crippen LogP) is 3.30. The van der Waals surface area contributed by atoms with Crippen molar-refractivity contribution in [1.29, 1.82) is 0 Å². The lowest BCUT2D eigenvalue weighted by molar-refractivity contribution is -0.130. The van der Waals surface area contributed by atoms with Crippen LogP contribution in [0.4, 0.5) is 4.79 Å². The molecular weight excluding hydrogens is 356 g/mol. The molecular formula is C22H24N2O4. The third kappa shape index (κ3) is 3.63. The minimum absolute atomic E-state index is 0.305. The van der Waals surface area contributed by atoms with E-state index >= 15 is 0 Å². The Hall–Kier alpha value is -3.15. The van der Waals surface area contributed by atoms with Crippen molar-refractivity contribution in [2.45, 2.75) is 32.2 Å². The topological polar surface area (TPSA) is 75.7 Å². The Bertz CT molecular complexity index is 890. The van der Waals surface area contributed by atoms with Crippen LogP contribution in [-0.2, 0) is 16.8 Å². The Morgan fingerprint density at radius 2 is 1.71 bits per heavy atom. The van der Waals surface area contributed by atoms with Gasteiger partial charge in [0.2, 0.25) is 0 Å². The van der Waals surface area contributed by atoms with Crippen LogP contribution in [0.1, 0.15) is 41.8 Å². The van der Waals surface area contributed by atoms with Crippen LogP contribution < -0.4 is 10.1 Å². The van der Waals surface area contributed by atoms with E-state index in [-0.39, 0.29) is 12.3 Å². The van der Waals surface area contributed by atoms with Crippen molar-refractivity contribution < 1.29 is 19.1 Å². The molecule has 146 valence electrons. The number of nitrogens with zero attached hydrogens (tertiary/aromatic N) is 1. The third-order valence-corrected chi connectivity index (χ3v) is 5.06. The molecule has 0 unspecified atom stereocenters. The molecule has 3 rings (SSSR count). The first-order valence-electron chi connectivity index (χ1n) is 9.30. The van der Waals surface area contributed by atoms with E-state index in [9.17, 15) is 14.4 Å². The van der Waals surface area contributed by atoms with E-state index in [1.165, 1.54) is 5.56 Å². The van der Waals surface area contributed by atoms with Gasteiger partial charge in [0.15, 0.2) is 5.78 Å². The molecule has 0 spiro atoms. The Morgan fingerprint density at radius 3 is 2.29 bits per heavy atom. The number of carbonyl (C=O) groups excluding carboxylic acids is 3. The average molecular weight is 380 g/mol. The lowest BCUT2D eigenvalue weighted by Gasteiger charge is -2.22. The molecule has 1 atom stereocenters. The van der Waals surface area contributed by atoms with Gasteiger partial charge in [0.1, 0.15) is 11.3 Å². The highest BCUT2D eigenvalue weighted by molar-refractivity contribution is 6.11. The van der Waals surface area contributed by atoms with E-state index in [1.54, 1.807) is 38.3 Å². The highest BCUT2D eigenvalue weighted by Gasteiger charge is 2.49. The van der Waals surface area contributed by atoms with Crippen molar-refractivity contribution >= 4 is 17.7 Å². The summed E-state index contributed by atoms with van der Waals surface area (Å²) < 4.78 is 5.08. The molecule has 1 aliphatic rings. The minimum atomic E-state index is -1.18. The van der Waals surface area contributed by atoms with Crippen LogP contribution >= 0.6 is 0 Å². The number of imide groups is 1. The number of amides is 3. The lowest BCUT2D eigenvalue weighted by Crippen LogP contribution is -2.41. The largest absolute Gasteiger partial charge is 0.497 e. The van der Waals surface area contributed by atoms with Gasteiger partial charge in [-0.3, -0.25) is 14.5 Å². The second-order valence-corrected chi connectivity index (χ2v) is 7.05. The molecule has 6 heteroatoms. The number of aryl methyl sites for hydroxylation is 1. The highest BCUT2D eigenvalue weighted by atomic mass is 16.5. The van der Waals surface area contributed by atoms with E-state index < -0.39 is 17.5 Å². The molecule has 0 saturated carbocycles. The first-order chi connectivity index (χ1) is 13.4. The molecule has 2 aromatic carbocycles. The summed E-state index contributed by atoms with van der Waals surface area (Å²) in [5.74, 6) is -0.109. The number of Topliss-reactive ketones (excluding diaryl/α,β-unsaturated/α-hetero) is 1. The summed E-state index contributed by atoms with van der Waals surface area (Å²) in [7, 11) is 1.54.